The summed E-state index contributed by atoms with van der Waals surface area (Å²) in [6, 6.07) is 0.283. The first kappa shape index (κ1) is 13.1. The summed E-state index contributed by atoms with van der Waals surface area (Å²) in [6.45, 7) is 2.03. The minimum absolute atomic E-state index is 0.143. The highest BCUT2D eigenvalue weighted by Crippen LogP contribution is 2.58. The van der Waals surface area contributed by atoms with Crippen molar-refractivity contribution in [2.24, 2.45) is 11.8 Å². The minimum Gasteiger partial charge on any atom is -0.480 e. The molecule has 0 spiro atoms. The van der Waals surface area contributed by atoms with Crippen LogP contribution in [0.3, 0.4) is 0 Å². The Bertz CT molecular complexity index is 778. The second-order valence-electron chi connectivity index (χ2n) is 6.52. The van der Waals surface area contributed by atoms with Crippen molar-refractivity contribution in [2.75, 3.05) is 20.2 Å². The van der Waals surface area contributed by atoms with E-state index in [1.807, 2.05) is 4.68 Å². The highest BCUT2D eigenvalue weighted by Gasteiger charge is 2.56. The second kappa shape index (κ2) is 4.32. The maximum Gasteiger partial charge on any atom is 0.226 e. The Hall–Kier alpha value is -1.40. The third-order valence-electron chi connectivity index (χ3n) is 5.23. The number of halogens is 2. The van der Waals surface area contributed by atoms with E-state index >= 15 is 0 Å². The molecule has 0 aromatic carbocycles. The van der Waals surface area contributed by atoms with Gasteiger partial charge in [0.05, 0.1) is 24.2 Å². The molecule has 3 heterocycles. The van der Waals surface area contributed by atoms with Crippen molar-refractivity contribution >= 4 is 22.5 Å². The van der Waals surface area contributed by atoms with Gasteiger partial charge in [0.25, 0.3) is 0 Å². The van der Waals surface area contributed by atoms with Gasteiger partial charge in [-0.2, -0.15) is 10.1 Å². The fourth-order valence-electron chi connectivity index (χ4n) is 3.95. The number of pyridine rings is 1. The zero-order valence-corrected chi connectivity index (χ0v) is 12.9. The number of ether oxygens (including phenoxy) is 1. The molecule has 2 unspecified atom stereocenters. The number of hydrogen-bond acceptors (Lipinski definition) is 4. The third kappa shape index (κ3) is 1.62. The van der Waals surface area contributed by atoms with E-state index in [1.54, 1.807) is 7.11 Å². The number of nitrogens with one attached hydrogen (secondary N) is 1. The Kier molecular flexibility index (Phi) is 2.57. The lowest BCUT2D eigenvalue weighted by Crippen LogP contribution is -2.14. The number of aromatic nitrogens is 3. The van der Waals surface area contributed by atoms with Gasteiger partial charge in [0.15, 0.2) is 11.0 Å². The zero-order chi connectivity index (χ0) is 15.0. The van der Waals surface area contributed by atoms with Gasteiger partial charge in [0.2, 0.25) is 5.88 Å². The van der Waals surface area contributed by atoms with E-state index in [0.717, 1.165) is 37.0 Å². The van der Waals surface area contributed by atoms with E-state index in [1.165, 1.54) is 0 Å². The molecule has 1 N–H and O–H groups in total. The second-order valence-corrected chi connectivity index (χ2v) is 6.88. The Morgan fingerprint density at radius 3 is 2.68 bits per heavy atom. The largest absolute Gasteiger partial charge is 0.480 e. The quantitative estimate of drug-likeness (QED) is 0.882. The van der Waals surface area contributed by atoms with Crippen LogP contribution in [0.25, 0.3) is 10.9 Å². The number of piperidine rings is 1. The fourth-order valence-corrected chi connectivity index (χ4v) is 4.12. The molecule has 0 amide bonds. The van der Waals surface area contributed by atoms with Crippen molar-refractivity contribution in [1.29, 1.82) is 0 Å². The van der Waals surface area contributed by atoms with Crippen LogP contribution < -0.4 is 10.1 Å². The van der Waals surface area contributed by atoms with Gasteiger partial charge in [-0.1, -0.05) is 11.6 Å². The predicted molar refractivity (Wildman–Crippen MR) is 79.9 cm³/mol. The maximum absolute atomic E-state index is 14.6. The van der Waals surface area contributed by atoms with Crippen molar-refractivity contribution in [3.63, 3.8) is 0 Å². The molecule has 22 heavy (non-hydrogen) atoms. The van der Waals surface area contributed by atoms with Gasteiger partial charge in [-0.3, -0.25) is 4.68 Å². The first-order valence-electron chi connectivity index (χ1n) is 7.72. The molecule has 2 aromatic rings. The lowest BCUT2D eigenvalue weighted by atomic mass is 10.1. The van der Waals surface area contributed by atoms with E-state index in [-0.39, 0.29) is 11.2 Å². The van der Waals surface area contributed by atoms with Gasteiger partial charge >= 0.3 is 0 Å². The summed E-state index contributed by atoms with van der Waals surface area (Å²) in [4.78, 5) is 4.08. The Labute approximate surface area is 131 Å². The first-order chi connectivity index (χ1) is 10.7. The highest BCUT2D eigenvalue weighted by atomic mass is 35.5. The molecule has 5 nitrogen and oxygen atoms in total. The summed E-state index contributed by atoms with van der Waals surface area (Å²) in [5.74, 6) is 1.51. The van der Waals surface area contributed by atoms with Gasteiger partial charge in [-0.15, -0.1) is 0 Å². The Morgan fingerprint density at radius 1 is 1.32 bits per heavy atom. The molecule has 7 heteroatoms. The van der Waals surface area contributed by atoms with Crippen LogP contribution in [0.4, 0.5) is 4.39 Å². The molecule has 2 aromatic heterocycles. The molecular formula is C15H16ClFN4O. The maximum atomic E-state index is 14.6. The summed E-state index contributed by atoms with van der Waals surface area (Å²) in [5.41, 5.74) is 1.41. The van der Waals surface area contributed by atoms with Crippen molar-refractivity contribution in [2.45, 2.75) is 24.8 Å². The van der Waals surface area contributed by atoms with Crippen molar-refractivity contribution in [3.05, 3.63) is 16.7 Å². The molecule has 2 aliphatic carbocycles. The van der Waals surface area contributed by atoms with Crippen LogP contribution in [0.2, 0.25) is 5.15 Å². The third-order valence-corrected chi connectivity index (χ3v) is 5.48. The SMILES string of the molecule is COc1nc(Cl)c(F)c2c1c(C1C3CNC[C@H]31)nn2C1CC1. The summed E-state index contributed by atoms with van der Waals surface area (Å²) in [5, 5.41) is 8.74. The number of nitrogens with zero attached hydrogens (tertiary/aromatic N) is 3. The number of rotatable bonds is 3. The van der Waals surface area contributed by atoms with Crippen LogP contribution in [-0.2, 0) is 0 Å². The van der Waals surface area contributed by atoms with Gasteiger partial charge in [0.1, 0.15) is 5.52 Å². The summed E-state index contributed by atoms with van der Waals surface area (Å²) >= 11 is 5.95. The molecule has 2 saturated carbocycles. The normalized spacial score (nSPS) is 29.9. The molecule has 5 rings (SSSR count). The molecule has 0 radical (unpaired) electrons. The van der Waals surface area contributed by atoms with Gasteiger partial charge < -0.3 is 10.1 Å². The summed E-state index contributed by atoms with van der Waals surface area (Å²) in [6.07, 6.45) is 2.08. The van der Waals surface area contributed by atoms with Crippen LogP contribution in [0.5, 0.6) is 5.88 Å². The lowest BCUT2D eigenvalue weighted by Gasteiger charge is -2.06. The molecule has 3 aliphatic rings. The first-order valence-corrected chi connectivity index (χ1v) is 8.10. The smallest absolute Gasteiger partial charge is 0.226 e. The number of hydrogen-bond donors (Lipinski definition) is 1. The fraction of sp³-hybridized carbons (Fsp3) is 0.600. The minimum atomic E-state index is -0.480. The van der Waals surface area contributed by atoms with Crippen LogP contribution in [-0.4, -0.2) is 35.0 Å². The van der Waals surface area contributed by atoms with Crippen molar-refractivity contribution in [1.82, 2.24) is 20.1 Å². The van der Waals surface area contributed by atoms with Crippen molar-refractivity contribution in [3.8, 4) is 5.88 Å². The number of fused-ring (bicyclic) bond motifs is 2. The molecule has 1 saturated heterocycles. The number of methoxy groups -OCH3 is 1. The van der Waals surface area contributed by atoms with E-state index in [2.05, 4.69) is 10.3 Å². The molecule has 3 atom stereocenters. The van der Waals surface area contributed by atoms with E-state index < -0.39 is 5.82 Å². The summed E-state index contributed by atoms with van der Waals surface area (Å²) in [7, 11) is 1.55. The van der Waals surface area contributed by atoms with Crippen LogP contribution in [0.1, 0.15) is 30.5 Å². The van der Waals surface area contributed by atoms with Crippen molar-refractivity contribution < 1.29 is 9.13 Å². The van der Waals surface area contributed by atoms with E-state index in [9.17, 15) is 4.39 Å². The van der Waals surface area contributed by atoms with E-state index in [0.29, 0.717) is 29.2 Å². The van der Waals surface area contributed by atoms with Crippen LogP contribution in [0.15, 0.2) is 0 Å². The topological polar surface area (TPSA) is 52.0 Å². The highest BCUT2D eigenvalue weighted by molar-refractivity contribution is 6.30. The average molecular weight is 323 g/mol. The van der Waals surface area contributed by atoms with Crippen LogP contribution >= 0.6 is 11.6 Å². The Morgan fingerprint density at radius 2 is 2.05 bits per heavy atom. The standard InChI is InChI=1S/C15H16ClFN4O/c1-22-15-10-12(9-7-4-18-5-8(7)9)20-21(6-2-3-6)13(10)11(17)14(16)19-15/h6-9,18H,2-5H2,1H3/t7-,8?,9?/m1/s1. The molecule has 0 bridgehead atoms. The Balaban J connectivity index is 1.77. The van der Waals surface area contributed by atoms with E-state index in [4.69, 9.17) is 21.4 Å². The van der Waals surface area contributed by atoms with Gasteiger partial charge in [-0.25, -0.2) is 4.39 Å². The molecule has 3 fully saturated rings. The monoisotopic (exact) mass is 322 g/mol. The van der Waals surface area contributed by atoms with Gasteiger partial charge in [0, 0.05) is 5.92 Å². The molecular weight excluding hydrogens is 307 g/mol. The average Bonchev–Trinajstić information content (AvgIpc) is 3.40. The lowest BCUT2D eigenvalue weighted by molar-refractivity contribution is 0.401. The molecule has 1 aliphatic heterocycles. The predicted octanol–water partition coefficient (Wildman–Crippen LogP) is 2.50. The molecule has 116 valence electrons. The summed E-state index contributed by atoms with van der Waals surface area (Å²) < 4.78 is 21.8. The zero-order valence-electron chi connectivity index (χ0n) is 12.1. The van der Waals surface area contributed by atoms with Gasteiger partial charge in [-0.05, 0) is 37.8 Å². The van der Waals surface area contributed by atoms with Crippen LogP contribution in [0, 0.1) is 17.7 Å².